The van der Waals surface area contributed by atoms with E-state index in [1.165, 1.54) is 12.1 Å². The number of hydrogen-bond donors (Lipinski definition) is 0. The number of benzene rings is 3. The predicted octanol–water partition coefficient (Wildman–Crippen LogP) is 6.35. The number of ether oxygens (including phenoxy) is 1. The van der Waals surface area contributed by atoms with Gasteiger partial charge in [0, 0.05) is 27.6 Å². The van der Waals surface area contributed by atoms with Gasteiger partial charge in [-0.25, -0.2) is 9.07 Å². The molecule has 4 nitrogen and oxygen atoms in total. The molecular weight excluding hydrogens is 401 g/mol. The van der Waals surface area contributed by atoms with Gasteiger partial charge in [-0.1, -0.05) is 17.7 Å². The molecule has 0 saturated carbocycles. The number of halogens is 2. The third-order valence-corrected chi connectivity index (χ3v) is 5.64. The molecular formula is C24H17ClFN3O. The first-order valence-corrected chi connectivity index (χ1v) is 9.81. The summed E-state index contributed by atoms with van der Waals surface area (Å²) in [6.07, 6.45) is 1.81. The highest BCUT2D eigenvalue weighted by Gasteiger charge is 2.18. The van der Waals surface area contributed by atoms with Gasteiger partial charge in [-0.2, -0.15) is 5.10 Å². The van der Waals surface area contributed by atoms with E-state index in [9.17, 15) is 4.39 Å². The van der Waals surface area contributed by atoms with Crippen molar-refractivity contribution in [2.45, 2.75) is 6.92 Å². The summed E-state index contributed by atoms with van der Waals surface area (Å²) in [7, 11) is 1.63. The van der Waals surface area contributed by atoms with Gasteiger partial charge in [0.25, 0.3) is 0 Å². The Morgan fingerprint density at radius 2 is 1.77 bits per heavy atom. The maximum atomic E-state index is 13.5. The van der Waals surface area contributed by atoms with Gasteiger partial charge in [0.05, 0.1) is 23.8 Å². The minimum atomic E-state index is -0.291. The summed E-state index contributed by atoms with van der Waals surface area (Å²) < 4.78 is 20.8. The number of rotatable bonds is 3. The quantitative estimate of drug-likeness (QED) is 0.343. The van der Waals surface area contributed by atoms with Crippen molar-refractivity contribution in [3.05, 3.63) is 83.3 Å². The molecule has 0 unspecified atom stereocenters. The molecule has 0 spiro atoms. The van der Waals surface area contributed by atoms with E-state index in [1.54, 1.807) is 19.2 Å². The van der Waals surface area contributed by atoms with Gasteiger partial charge < -0.3 is 4.74 Å². The highest BCUT2D eigenvalue weighted by Crippen LogP contribution is 2.35. The van der Waals surface area contributed by atoms with Gasteiger partial charge in [-0.15, -0.1) is 0 Å². The maximum Gasteiger partial charge on any atom is 0.123 e. The second-order valence-electron chi connectivity index (χ2n) is 7.10. The monoisotopic (exact) mass is 417 g/mol. The van der Waals surface area contributed by atoms with E-state index in [-0.39, 0.29) is 5.82 Å². The minimum Gasteiger partial charge on any atom is -0.497 e. The van der Waals surface area contributed by atoms with Crippen LogP contribution in [0.2, 0.25) is 5.02 Å². The lowest BCUT2D eigenvalue weighted by molar-refractivity contribution is 0.415. The summed E-state index contributed by atoms with van der Waals surface area (Å²) in [6, 6.07) is 17.9. The molecule has 5 rings (SSSR count). The van der Waals surface area contributed by atoms with Gasteiger partial charge in [0.15, 0.2) is 0 Å². The molecule has 30 heavy (non-hydrogen) atoms. The topological polar surface area (TPSA) is 39.9 Å². The van der Waals surface area contributed by atoms with Crippen molar-refractivity contribution in [1.82, 2.24) is 14.8 Å². The molecule has 3 aromatic carbocycles. The number of aryl methyl sites for hydroxylation is 1. The molecule has 5 aromatic rings. The van der Waals surface area contributed by atoms with Gasteiger partial charge in [0.1, 0.15) is 17.3 Å². The van der Waals surface area contributed by atoms with E-state index in [2.05, 4.69) is 4.98 Å². The normalized spacial score (nSPS) is 11.3. The van der Waals surface area contributed by atoms with E-state index in [0.29, 0.717) is 5.02 Å². The average molecular weight is 418 g/mol. The van der Waals surface area contributed by atoms with Crippen LogP contribution < -0.4 is 4.74 Å². The largest absolute Gasteiger partial charge is 0.497 e. The fraction of sp³-hybridized carbons (Fsp3) is 0.0833. The summed E-state index contributed by atoms with van der Waals surface area (Å²) in [6.45, 7) is 1.96. The molecule has 0 radical (unpaired) electrons. The summed E-state index contributed by atoms with van der Waals surface area (Å²) in [4.78, 5) is 4.62. The molecule has 0 aliphatic rings. The first kappa shape index (κ1) is 18.6. The Labute approximate surface area is 177 Å². The second-order valence-corrected chi connectivity index (χ2v) is 7.51. The van der Waals surface area contributed by atoms with Crippen LogP contribution in [0, 0.1) is 12.7 Å². The Kier molecular flexibility index (Phi) is 4.40. The molecule has 0 aliphatic heterocycles. The van der Waals surface area contributed by atoms with E-state index < -0.39 is 0 Å². The number of methoxy groups -OCH3 is 1. The maximum absolute atomic E-state index is 13.5. The van der Waals surface area contributed by atoms with Crippen molar-refractivity contribution in [3.8, 4) is 22.7 Å². The highest BCUT2D eigenvalue weighted by atomic mass is 35.5. The Morgan fingerprint density at radius 1 is 0.967 bits per heavy atom. The van der Waals surface area contributed by atoms with Crippen molar-refractivity contribution in [2.24, 2.45) is 0 Å². The second kappa shape index (κ2) is 7.11. The van der Waals surface area contributed by atoms with Crippen LogP contribution in [0.3, 0.4) is 0 Å². The Balaban J connectivity index is 1.89. The van der Waals surface area contributed by atoms with Gasteiger partial charge in [0.2, 0.25) is 0 Å². The Hall–Kier alpha value is -3.44. The zero-order valence-electron chi connectivity index (χ0n) is 16.4. The molecule has 6 heteroatoms. The lowest BCUT2D eigenvalue weighted by Crippen LogP contribution is -1.98. The van der Waals surface area contributed by atoms with Crippen LogP contribution in [-0.4, -0.2) is 21.9 Å². The lowest BCUT2D eigenvalue weighted by Gasteiger charge is -2.08. The predicted molar refractivity (Wildman–Crippen MR) is 118 cm³/mol. The molecule has 0 bridgehead atoms. The van der Waals surface area contributed by atoms with Crippen molar-refractivity contribution in [2.75, 3.05) is 7.11 Å². The van der Waals surface area contributed by atoms with Crippen LogP contribution in [0.25, 0.3) is 38.8 Å². The SMILES string of the molecule is COc1ccc2ncc3c(-c4ccc(F)cc4)nn(-c4ccc(C)c(Cl)c4)c3c2c1. The number of hydrogen-bond acceptors (Lipinski definition) is 3. The zero-order valence-corrected chi connectivity index (χ0v) is 17.1. The molecule has 0 amide bonds. The third-order valence-electron chi connectivity index (χ3n) is 5.23. The van der Waals surface area contributed by atoms with Crippen molar-refractivity contribution in [3.63, 3.8) is 0 Å². The Bertz CT molecular complexity index is 1410. The van der Waals surface area contributed by atoms with Crippen molar-refractivity contribution in [1.29, 1.82) is 0 Å². The number of pyridine rings is 1. The van der Waals surface area contributed by atoms with Crippen LogP contribution in [0.1, 0.15) is 5.56 Å². The molecule has 0 N–H and O–H groups in total. The zero-order chi connectivity index (χ0) is 20.8. The molecule has 0 fully saturated rings. The van der Waals surface area contributed by atoms with Crippen LogP contribution in [-0.2, 0) is 0 Å². The summed E-state index contributed by atoms with van der Waals surface area (Å²) >= 11 is 6.41. The first-order chi connectivity index (χ1) is 14.5. The van der Waals surface area contributed by atoms with Crippen molar-refractivity contribution >= 4 is 33.4 Å². The van der Waals surface area contributed by atoms with Gasteiger partial charge >= 0.3 is 0 Å². The number of nitrogens with zero attached hydrogens (tertiary/aromatic N) is 3. The van der Waals surface area contributed by atoms with E-state index in [0.717, 1.165) is 50.1 Å². The average Bonchev–Trinajstić information content (AvgIpc) is 3.16. The van der Waals surface area contributed by atoms with Gasteiger partial charge in [-0.3, -0.25) is 4.98 Å². The minimum absolute atomic E-state index is 0.291. The molecule has 0 saturated heterocycles. The van der Waals surface area contributed by atoms with Crippen LogP contribution >= 0.6 is 11.6 Å². The molecule has 0 aliphatic carbocycles. The van der Waals surface area contributed by atoms with E-state index >= 15 is 0 Å². The Morgan fingerprint density at radius 3 is 2.50 bits per heavy atom. The molecule has 0 atom stereocenters. The highest BCUT2D eigenvalue weighted by molar-refractivity contribution is 6.31. The summed E-state index contributed by atoms with van der Waals surface area (Å²) in [5.74, 6) is 0.441. The summed E-state index contributed by atoms with van der Waals surface area (Å²) in [5.41, 5.74) is 5.07. The molecule has 148 valence electrons. The summed E-state index contributed by atoms with van der Waals surface area (Å²) in [5, 5.41) is 7.32. The molecule has 2 aromatic heterocycles. The van der Waals surface area contributed by atoms with E-state index in [4.69, 9.17) is 21.4 Å². The lowest BCUT2D eigenvalue weighted by atomic mass is 10.1. The smallest absolute Gasteiger partial charge is 0.123 e. The number of aromatic nitrogens is 3. The van der Waals surface area contributed by atoms with Gasteiger partial charge in [-0.05, 0) is 67.1 Å². The van der Waals surface area contributed by atoms with Crippen LogP contribution in [0.15, 0.2) is 66.9 Å². The fourth-order valence-electron chi connectivity index (χ4n) is 3.61. The fourth-order valence-corrected chi connectivity index (χ4v) is 3.79. The molecule has 2 heterocycles. The van der Waals surface area contributed by atoms with Crippen LogP contribution in [0.4, 0.5) is 4.39 Å². The van der Waals surface area contributed by atoms with Crippen LogP contribution in [0.5, 0.6) is 5.75 Å². The third kappa shape index (κ3) is 2.99. The van der Waals surface area contributed by atoms with E-state index in [1.807, 2.05) is 54.2 Å². The standard InChI is InChI=1S/C24H17ClFN3O/c1-14-3-8-17(11-21(14)25)29-24-19-12-18(30-2)9-10-22(19)27-13-20(24)23(28-29)15-4-6-16(26)7-5-15/h3-13H,1-2H3. The number of fused-ring (bicyclic) bond motifs is 3. The van der Waals surface area contributed by atoms with Crippen molar-refractivity contribution < 1.29 is 9.13 Å². The first-order valence-electron chi connectivity index (χ1n) is 9.43.